The summed E-state index contributed by atoms with van der Waals surface area (Å²) in [4.78, 5) is 28.2. The summed E-state index contributed by atoms with van der Waals surface area (Å²) in [5, 5.41) is 0.782. The number of methoxy groups -OCH3 is 1. The highest BCUT2D eigenvalue weighted by Crippen LogP contribution is 2.29. The molecule has 0 amide bonds. The maximum atomic E-state index is 13.1. The largest absolute Gasteiger partial charge is 0.496 e. The van der Waals surface area contributed by atoms with Crippen LogP contribution in [0.4, 0.5) is 0 Å². The fraction of sp³-hybridized carbons (Fsp3) is 0.400. The Morgan fingerprint density at radius 3 is 2.50 bits per heavy atom. The zero-order valence-electron chi connectivity index (χ0n) is 21.8. The molecule has 1 aliphatic heterocycles. The van der Waals surface area contributed by atoms with Crippen LogP contribution in [0, 0.1) is 6.92 Å². The number of likely N-dealkylation sites (tertiary alicyclic amines) is 1. The van der Waals surface area contributed by atoms with Gasteiger partial charge in [0.25, 0.3) is 0 Å². The van der Waals surface area contributed by atoms with Gasteiger partial charge in [0.2, 0.25) is 0 Å². The number of hydrogen-bond acceptors (Lipinski definition) is 6. The molecule has 4 rings (SSSR count). The second-order valence-electron chi connectivity index (χ2n) is 9.90. The zero-order valence-corrected chi connectivity index (χ0v) is 21.8. The van der Waals surface area contributed by atoms with Crippen LogP contribution >= 0.6 is 0 Å². The van der Waals surface area contributed by atoms with Crippen LogP contribution < -0.4 is 15.1 Å². The SMILES string of the molecule is COc1ccc(C(=O)Cc2cc3ccc(OC4CCN(C)CC4)c(C)c3oc2=O)cc1CC=C(C)C. The van der Waals surface area contributed by atoms with Gasteiger partial charge in [-0.25, -0.2) is 4.79 Å². The number of nitrogens with zero attached hydrogens (tertiary/aromatic N) is 1. The molecule has 1 aliphatic rings. The molecule has 1 aromatic heterocycles. The highest BCUT2D eigenvalue weighted by Gasteiger charge is 2.20. The van der Waals surface area contributed by atoms with Gasteiger partial charge < -0.3 is 18.8 Å². The molecule has 2 aromatic carbocycles. The van der Waals surface area contributed by atoms with Crippen LogP contribution in [-0.2, 0) is 12.8 Å². The van der Waals surface area contributed by atoms with E-state index in [9.17, 15) is 9.59 Å². The van der Waals surface area contributed by atoms with E-state index in [0.717, 1.165) is 53.9 Å². The van der Waals surface area contributed by atoms with Gasteiger partial charge in [-0.1, -0.05) is 11.6 Å². The Bertz CT molecular complexity index is 1340. The highest BCUT2D eigenvalue weighted by molar-refractivity contribution is 5.98. The summed E-state index contributed by atoms with van der Waals surface area (Å²) in [5.74, 6) is 1.34. The first kappa shape index (κ1) is 25.7. The van der Waals surface area contributed by atoms with Gasteiger partial charge in [0.1, 0.15) is 23.2 Å². The van der Waals surface area contributed by atoms with Crippen LogP contribution in [0.15, 0.2) is 57.3 Å². The summed E-state index contributed by atoms with van der Waals surface area (Å²) in [7, 11) is 3.74. The number of Topliss-reactive ketones (excluding diaryl/α,β-unsaturated/α-hetero) is 1. The Labute approximate surface area is 212 Å². The first-order chi connectivity index (χ1) is 17.2. The predicted octanol–water partition coefficient (Wildman–Crippen LogP) is 5.52. The van der Waals surface area contributed by atoms with E-state index in [0.29, 0.717) is 23.1 Å². The topological polar surface area (TPSA) is 69.0 Å². The Kier molecular flexibility index (Phi) is 7.94. The summed E-state index contributed by atoms with van der Waals surface area (Å²) < 4.78 is 17.4. The molecule has 0 unspecified atom stereocenters. The van der Waals surface area contributed by atoms with E-state index < -0.39 is 5.63 Å². The van der Waals surface area contributed by atoms with Crippen molar-refractivity contribution in [2.45, 2.75) is 52.6 Å². The Morgan fingerprint density at radius 1 is 1.08 bits per heavy atom. The average Bonchev–Trinajstić information content (AvgIpc) is 2.86. The van der Waals surface area contributed by atoms with Crippen LogP contribution in [0.25, 0.3) is 11.0 Å². The second kappa shape index (κ2) is 11.1. The minimum atomic E-state index is -0.492. The number of carbonyl (C=O) groups is 1. The summed E-state index contributed by atoms with van der Waals surface area (Å²) in [6, 6.07) is 11.0. The van der Waals surface area contributed by atoms with Crippen LogP contribution in [0.5, 0.6) is 11.5 Å². The van der Waals surface area contributed by atoms with Gasteiger partial charge in [0.05, 0.1) is 7.11 Å². The van der Waals surface area contributed by atoms with E-state index in [-0.39, 0.29) is 18.3 Å². The number of ketones is 1. The van der Waals surface area contributed by atoms with Crippen molar-refractivity contribution in [1.82, 2.24) is 4.90 Å². The average molecular weight is 490 g/mol. The number of hydrogen-bond donors (Lipinski definition) is 0. The molecule has 6 nitrogen and oxygen atoms in total. The molecule has 0 atom stereocenters. The standard InChI is InChI=1S/C30H35NO5/c1-19(2)6-7-22-16-21(8-11-28(22)34-5)26(32)18-24-17-23-9-10-27(20(3)29(23)36-30(24)33)35-25-12-14-31(4)15-13-25/h6,8-11,16-17,25H,7,12-15,18H2,1-5H3. The normalized spacial score (nSPS) is 14.6. The molecule has 36 heavy (non-hydrogen) atoms. The number of aryl methyl sites for hydroxylation is 1. The van der Waals surface area contributed by atoms with Crippen LogP contribution in [0.1, 0.15) is 53.7 Å². The molecular weight excluding hydrogens is 454 g/mol. The molecule has 0 saturated carbocycles. The Morgan fingerprint density at radius 2 is 1.81 bits per heavy atom. The molecule has 190 valence electrons. The Hall–Kier alpha value is -3.38. The van der Waals surface area contributed by atoms with Gasteiger partial charge in [-0.2, -0.15) is 0 Å². The van der Waals surface area contributed by atoms with Crippen molar-refractivity contribution in [3.63, 3.8) is 0 Å². The van der Waals surface area contributed by atoms with E-state index in [1.165, 1.54) is 5.57 Å². The van der Waals surface area contributed by atoms with Gasteiger partial charge in [0, 0.05) is 41.6 Å². The smallest absolute Gasteiger partial charge is 0.339 e. The molecule has 3 aromatic rings. The van der Waals surface area contributed by atoms with E-state index >= 15 is 0 Å². The molecule has 0 bridgehead atoms. The molecule has 0 aliphatic carbocycles. The van der Waals surface area contributed by atoms with Crippen molar-refractivity contribution >= 4 is 16.8 Å². The van der Waals surface area contributed by atoms with Crippen molar-refractivity contribution in [2.75, 3.05) is 27.2 Å². The monoisotopic (exact) mass is 489 g/mol. The lowest BCUT2D eigenvalue weighted by molar-refractivity contribution is 0.0991. The van der Waals surface area contributed by atoms with Crippen molar-refractivity contribution < 1.29 is 18.7 Å². The molecule has 2 heterocycles. The van der Waals surface area contributed by atoms with E-state index in [1.807, 2.05) is 39.0 Å². The van der Waals surface area contributed by atoms with Crippen molar-refractivity contribution in [3.05, 3.63) is 80.7 Å². The number of benzene rings is 2. The zero-order chi connectivity index (χ0) is 25.8. The number of allylic oxidation sites excluding steroid dienone is 2. The molecular formula is C30H35NO5. The number of ether oxygens (including phenoxy) is 2. The number of carbonyl (C=O) groups excluding carboxylic acids is 1. The van der Waals surface area contributed by atoms with E-state index in [2.05, 4.69) is 18.0 Å². The molecule has 0 spiro atoms. The number of piperidine rings is 1. The Balaban J connectivity index is 1.55. The lowest BCUT2D eigenvalue weighted by Gasteiger charge is -2.29. The highest BCUT2D eigenvalue weighted by atomic mass is 16.5. The number of fused-ring (bicyclic) bond motifs is 1. The van der Waals surface area contributed by atoms with Crippen molar-refractivity contribution in [3.8, 4) is 11.5 Å². The first-order valence-electron chi connectivity index (χ1n) is 12.5. The van der Waals surface area contributed by atoms with Gasteiger partial charge >= 0.3 is 5.63 Å². The molecule has 0 radical (unpaired) electrons. The summed E-state index contributed by atoms with van der Waals surface area (Å²) in [6.45, 7) is 7.99. The summed E-state index contributed by atoms with van der Waals surface area (Å²) >= 11 is 0. The minimum absolute atomic E-state index is 0.0282. The third kappa shape index (κ3) is 5.88. The summed E-state index contributed by atoms with van der Waals surface area (Å²) in [5.41, 5.74) is 3.84. The fourth-order valence-electron chi connectivity index (χ4n) is 4.58. The lowest BCUT2D eigenvalue weighted by Crippen LogP contribution is -2.35. The van der Waals surface area contributed by atoms with Gasteiger partial charge in [-0.05, 0) is 89.0 Å². The van der Waals surface area contributed by atoms with Crippen LogP contribution in [0.2, 0.25) is 0 Å². The second-order valence-corrected chi connectivity index (χ2v) is 9.90. The van der Waals surface area contributed by atoms with Gasteiger partial charge in [-0.15, -0.1) is 0 Å². The van der Waals surface area contributed by atoms with Crippen LogP contribution in [0.3, 0.4) is 0 Å². The number of rotatable bonds is 8. The molecule has 1 fully saturated rings. The fourth-order valence-corrected chi connectivity index (χ4v) is 4.58. The van der Waals surface area contributed by atoms with Crippen molar-refractivity contribution in [2.24, 2.45) is 0 Å². The maximum absolute atomic E-state index is 13.1. The first-order valence-corrected chi connectivity index (χ1v) is 12.5. The predicted molar refractivity (Wildman–Crippen MR) is 143 cm³/mol. The molecule has 6 heteroatoms. The summed E-state index contributed by atoms with van der Waals surface area (Å²) in [6.07, 6.45) is 4.84. The van der Waals surface area contributed by atoms with Crippen molar-refractivity contribution in [1.29, 1.82) is 0 Å². The lowest BCUT2D eigenvalue weighted by atomic mass is 9.99. The molecule has 1 saturated heterocycles. The van der Waals surface area contributed by atoms with E-state index in [4.69, 9.17) is 13.9 Å². The third-order valence-electron chi connectivity index (χ3n) is 6.82. The van der Waals surface area contributed by atoms with Gasteiger partial charge in [0.15, 0.2) is 5.78 Å². The van der Waals surface area contributed by atoms with Gasteiger partial charge in [-0.3, -0.25) is 4.79 Å². The molecule has 0 N–H and O–H groups in total. The van der Waals surface area contributed by atoms with Crippen LogP contribution in [-0.4, -0.2) is 44.0 Å². The van der Waals surface area contributed by atoms with E-state index in [1.54, 1.807) is 25.3 Å². The quantitative estimate of drug-likeness (QED) is 0.236. The third-order valence-corrected chi connectivity index (χ3v) is 6.82. The minimum Gasteiger partial charge on any atom is -0.496 e. The maximum Gasteiger partial charge on any atom is 0.339 e.